The van der Waals surface area contributed by atoms with E-state index in [1.165, 1.54) is 6.26 Å². The number of Topliss-reactive ketones (excluding diaryl/α,β-unsaturated/α-hetero) is 1. The normalized spacial score (nSPS) is 28.0. The lowest BCUT2D eigenvalue weighted by Gasteiger charge is -2.27. The van der Waals surface area contributed by atoms with Crippen LogP contribution in [0.3, 0.4) is 0 Å². The summed E-state index contributed by atoms with van der Waals surface area (Å²) in [5.41, 5.74) is 0. The van der Waals surface area contributed by atoms with Crippen LogP contribution < -0.4 is 0 Å². The van der Waals surface area contributed by atoms with Gasteiger partial charge in [-0.1, -0.05) is 13.3 Å². The van der Waals surface area contributed by atoms with Crippen molar-refractivity contribution in [3.63, 3.8) is 0 Å². The van der Waals surface area contributed by atoms with Crippen LogP contribution in [-0.2, 0) is 14.6 Å². The molecule has 15 heavy (non-hydrogen) atoms. The maximum atomic E-state index is 11.6. The lowest BCUT2D eigenvalue weighted by Crippen LogP contribution is -2.26. The standard InChI is InChI=1S/C11H20O3S/c1-3-9-4-5-11(12)10(8-9)6-7-15(2,13)14/h9-10H,3-8H2,1-2H3. The number of hydrogen-bond acceptors (Lipinski definition) is 3. The van der Waals surface area contributed by atoms with Crippen molar-refractivity contribution >= 4 is 15.6 Å². The van der Waals surface area contributed by atoms with Crippen LogP contribution in [0.25, 0.3) is 0 Å². The van der Waals surface area contributed by atoms with Crippen molar-refractivity contribution in [2.75, 3.05) is 12.0 Å². The third kappa shape index (κ3) is 4.33. The van der Waals surface area contributed by atoms with Crippen LogP contribution in [0.4, 0.5) is 0 Å². The molecule has 0 N–H and O–H groups in total. The van der Waals surface area contributed by atoms with E-state index in [0.29, 0.717) is 18.8 Å². The molecule has 3 nitrogen and oxygen atoms in total. The molecule has 2 atom stereocenters. The Balaban J connectivity index is 2.48. The van der Waals surface area contributed by atoms with Gasteiger partial charge in [0.1, 0.15) is 15.6 Å². The topological polar surface area (TPSA) is 51.2 Å². The van der Waals surface area contributed by atoms with Crippen molar-refractivity contribution in [1.82, 2.24) is 0 Å². The second-order valence-corrected chi connectivity index (χ2v) is 6.89. The van der Waals surface area contributed by atoms with Crippen LogP contribution in [0.5, 0.6) is 0 Å². The average Bonchev–Trinajstić information content (AvgIpc) is 2.15. The molecule has 0 amide bonds. The van der Waals surface area contributed by atoms with Crippen LogP contribution in [0.15, 0.2) is 0 Å². The van der Waals surface area contributed by atoms with Gasteiger partial charge in [0.05, 0.1) is 5.75 Å². The minimum absolute atomic E-state index is 0.00146. The fraction of sp³-hybridized carbons (Fsp3) is 0.909. The van der Waals surface area contributed by atoms with E-state index >= 15 is 0 Å². The molecular weight excluding hydrogens is 212 g/mol. The zero-order chi connectivity index (χ0) is 11.5. The molecule has 2 unspecified atom stereocenters. The number of rotatable bonds is 4. The minimum atomic E-state index is -2.92. The second kappa shape index (κ2) is 5.10. The summed E-state index contributed by atoms with van der Waals surface area (Å²) in [7, 11) is -2.92. The van der Waals surface area contributed by atoms with E-state index in [9.17, 15) is 13.2 Å². The average molecular weight is 232 g/mol. The summed E-state index contributed by atoms with van der Waals surface area (Å²) >= 11 is 0. The molecule has 0 aromatic heterocycles. The van der Waals surface area contributed by atoms with Crippen molar-refractivity contribution in [2.45, 2.75) is 39.0 Å². The Kier molecular flexibility index (Phi) is 4.32. The quantitative estimate of drug-likeness (QED) is 0.743. The van der Waals surface area contributed by atoms with E-state index in [1.54, 1.807) is 0 Å². The molecule has 1 saturated carbocycles. The fourth-order valence-corrected chi connectivity index (χ4v) is 2.92. The van der Waals surface area contributed by atoms with Gasteiger partial charge in [-0.2, -0.15) is 0 Å². The summed E-state index contributed by atoms with van der Waals surface area (Å²) in [5, 5.41) is 0. The predicted octanol–water partition coefficient (Wildman–Crippen LogP) is 1.82. The number of ketones is 1. The van der Waals surface area contributed by atoms with Gasteiger partial charge in [-0.15, -0.1) is 0 Å². The van der Waals surface area contributed by atoms with Crippen LogP contribution in [0.1, 0.15) is 39.0 Å². The van der Waals surface area contributed by atoms with Crippen molar-refractivity contribution in [3.05, 3.63) is 0 Å². The van der Waals surface area contributed by atoms with Gasteiger partial charge in [-0.25, -0.2) is 8.42 Å². The van der Waals surface area contributed by atoms with Crippen LogP contribution >= 0.6 is 0 Å². The van der Waals surface area contributed by atoms with Crippen molar-refractivity contribution in [3.8, 4) is 0 Å². The van der Waals surface area contributed by atoms with Crippen molar-refractivity contribution in [1.29, 1.82) is 0 Å². The molecule has 0 aromatic rings. The van der Waals surface area contributed by atoms with Gasteiger partial charge in [0, 0.05) is 18.6 Å². The molecular formula is C11H20O3S. The first-order valence-electron chi connectivity index (χ1n) is 5.62. The van der Waals surface area contributed by atoms with Crippen LogP contribution in [0.2, 0.25) is 0 Å². The Morgan fingerprint density at radius 3 is 2.60 bits per heavy atom. The molecule has 1 aliphatic carbocycles. The minimum Gasteiger partial charge on any atom is -0.299 e. The maximum absolute atomic E-state index is 11.6. The third-order valence-corrected chi connectivity index (χ3v) is 4.26. The third-order valence-electron chi connectivity index (χ3n) is 3.29. The van der Waals surface area contributed by atoms with E-state index in [0.717, 1.165) is 19.3 Å². The first-order valence-corrected chi connectivity index (χ1v) is 7.69. The van der Waals surface area contributed by atoms with E-state index in [1.807, 2.05) is 0 Å². The zero-order valence-corrected chi connectivity index (χ0v) is 10.3. The Hall–Kier alpha value is -0.380. The van der Waals surface area contributed by atoms with Gasteiger partial charge >= 0.3 is 0 Å². The van der Waals surface area contributed by atoms with E-state index < -0.39 is 9.84 Å². The Bertz CT molecular complexity index is 319. The first kappa shape index (κ1) is 12.7. The fourth-order valence-electron chi connectivity index (χ4n) is 2.21. The molecule has 4 heteroatoms. The highest BCUT2D eigenvalue weighted by atomic mass is 32.2. The molecule has 0 aliphatic heterocycles. The number of carbonyl (C=O) groups is 1. The molecule has 0 spiro atoms. The largest absolute Gasteiger partial charge is 0.299 e. The number of carbonyl (C=O) groups excluding carboxylic acids is 1. The van der Waals surface area contributed by atoms with Gasteiger partial charge in [-0.3, -0.25) is 4.79 Å². The molecule has 0 radical (unpaired) electrons. The van der Waals surface area contributed by atoms with Gasteiger partial charge in [0.25, 0.3) is 0 Å². The maximum Gasteiger partial charge on any atom is 0.147 e. The van der Waals surface area contributed by atoms with Gasteiger partial charge in [-0.05, 0) is 25.2 Å². The molecule has 1 rings (SSSR count). The van der Waals surface area contributed by atoms with Crippen LogP contribution in [0, 0.1) is 11.8 Å². The van der Waals surface area contributed by atoms with Gasteiger partial charge in [0.2, 0.25) is 0 Å². The summed E-state index contributed by atoms with van der Waals surface area (Å²) in [5.74, 6) is 1.04. The number of hydrogen-bond donors (Lipinski definition) is 0. The monoisotopic (exact) mass is 232 g/mol. The summed E-state index contributed by atoms with van der Waals surface area (Å²) < 4.78 is 22.0. The SMILES string of the molecule is CCC1CCC(=O)C(CCS(C)(=O)=O)C1. The lowest BCUT2D eigenvalue weighted by molar-refractivity contribution is -0.125. The Labute approximate surface area is 92.2 Å². The highest BCUT2D eigenvalue weighted by molar-refractivity contribution is 7.90. The Morgan fingerprint density at radius 1 is 1.40 bits per heavy atom. The second-order valence-electron chi connectivity index (χ2n) is 4.63. The smallest absolute Gasteiger partial charge is 0.147 e. The molecule has 0 heterocycles. The Morgan fingerprint density at radius 2 is 2.07 bits per heavy atom. The lowest BCUT2D eigenvalue weighted by atomic mass is 9.78. The van der Waals surface area contributed by atoms with Crippen molar-refractivity contribution < 1.29 is 13.2 Å². The molecule has 0 aromatic carbocycles. The van der Waals surface area contributed by atoms with E-state index in [-0.39, 0.29) is 17.5 Å². The summed E-state index contributed by atoms with van der Waals surface area (Å²) in [6.45, 7) is 2.13. The summed E-state index contributed by atoms with van der Waals surface area (Å²) in [6.07, 6.45) is 5.39. The van der Waals surface area contributed by atoms with E-state index in [2.05, 4.69) is 6.92 Å². The highest BCUT2D eigenvalue weighted by Gasteiger charge is 2.28. The molecule has 88 valence electrons. The zero-order valence-electron chi connectivity index (χ0n) is 9.53. The van der Waals surface area contributed by atoms with Crippen LogP contribution in [-0.4, -0.2) is 26.2 Å². The first-order chi connectivity index (χ1) is 6.92. The van der Waals surface area contributed by atoms with E-state index in [4.69, 9.17) is 0 Å². The molecule has 1 fully saturated rings. The van der Waals surface area contributed by atoms with Gasteiger partial charge < -0.3 is 0 Å². The van der Waals surface area contributed by atoms with Crippen molar-refractivity contribution in [2.24, 2.45) is 11.8 Å². The molecule has 1 aliphatic rings. The molecule has 0 saturated heterocycles. The highest BCUT2D eigenvalue weighted by Crippen LogP contribution is 2.30. The van der Waals surface area contributed by atoms with Gasteiger partial charge in [0.15, 0.2) is 0 Å². The predicted molar refractivity (Wildman–Crippen MR) is 60.5 cm³/mol. The number of sulfone groups is 1. The summed E-state index contributed by atoms with van der Waals surface area (Å²) in [6, 6.07) is 0. The summed E-state index contributed by atoms with van der Waals surface area (Å²) in [4.78, 5) is 11.6. The molecule has 0 bridgehead atoms.